The van der Waals surface area contributed by atoms with E-state index in [0.717, 1.165) is 6.42 Å². The van der Waals surface area contributed by atoms with Gasteiger partial charge in [-0.15, -0.1) is 0 Å². The molecular weight excluding hydrogens is 374 g/mol. The Kier molecular flexibility index (Phi) is 4.55. The molecule has 0 N–H and O–H groups in total. The van der Waals surface area contributed by atoms with Gasteiger partial charge in [-0.1, -0.05) is 0 Å². The topological polar surface area (TPSA) is 79.4 Å². The number of nitrogens with zero attached hydrogens (tertiary/aromatic N) is 3. The maximum Gasteiger partial charge on any atom is 0.254 e. The van der Waals surface area contributed by atoms with Crippen molar-refractivity contribution in [1.29, 1.82) is 0 Å². The standard InChI is InChI=1S/C21H25N3O5/c25-18-14-17-21(24(18)7-1-11-29-21)6-8-23(17)20(27)16-4-2-15(3-5-16)19(26)22-9-12-28-13-10-22/h2-5,17H,1,6-14H2/t17-,21+/m1/s1. The molecule has 1 spiro atoms. The van der Waals surface area contributed by atoms with E-state index >= 15 is 0 Å². The van der Waals surface area contributed by atoms with Crippen LogP contribution in [0, 0.1) is 0 Å². The minimum atomic E-state index is -0.642. The highest BCUT2D eigenvalue weighted by atomic mass is 16.5. The molecule has 4 fully saturated rings. The number of likely N-dealkylation sites (tertiary alicyclic amines) is 1. The molecule has 8 nitrogen and oxygen atoms in total. The van der Waals surface area contributed by atoms with Gasteiger partial charge in [0.2, 0.25) is 5.91 Å². The van der Waals surface area contributed by atoms with Gasteiger partial charge in [0.05, 0.1) is 32.3 Å². The van der Waals surface area contributed by atoms with Crippen molar-refractivity contribution in [3.05, 3.63) is 35.4 Å². The molecule has 29 heavy (non-hydrogen) atoms. The molecule has 8 heteroatoms. The van der Waals surface area contributed by atoms with E-state index in [1.165, 1.54) is 0 Å². The smallest absolute Gasteiger partial charge is 0.254 e. The third kappa shape index (κ3) is 2.93. The molecular formula is C21H25N3O5. The Hall–Kier alpha value is -2.45. The third-order valence-electron chi connectivity index (χ3n) is 6.55. The number of benzene rings is 1. The maximum absolute atomic E-state index is 13.2. The van der Waals surface area contributed by atoms with E-state index in [9.17, 15) is 14.4 Å². The molecule has 3 amide bonds. The fraction of sp³-hybridized carbons (Fsp3) is 0.571. The van der Waals surface area contributed by atoms with Gasteiger partial charge in [-0.2, -0.15) is 0 Å². The van der Waals surface area contributed by atoms with Crippen LogP contribution in [0.15, 0.2) is 24.3 Å². The fourth-order valence-electron chi connectivity index (χ4n) is 5.06. The minimum Gasteiger partial charge on any atom is -0.378 e. The van der Waals surface area contributed by atoms with Crippen molar-refractivity contribution in [2.45, 2.75) is 31.0 Å². The van der Waals surface area contributed by atoms with Crippen molar-refractivity contribution in [1.82, 2.24) is 14.7 Å². The molecule has 4 aliphatic rings. The second-order valence-corrected chi connectivity index (χ2v) is 8.04. The van der Waals surface area contributed by atoms with Gasteiger partial charge in [-0.05, 0) is 30.7 Å². The van der Waals surface area contributed by atoms with E-state index < -0.39 is 5.72 Å². The van der Waals surface area contributed by atoms with Gasteiger partial charge in [-0.3, -0.25) is 14.4 Å². The first-order chi connectivity index (χ1) is 14.1. The summed E-state index contributed by atoms with van der Waals surface area (Å²) in [7, 11) is 0. The Morgan fingerprint density at radius 1 is 0.931 bits per heavy atom. The normalized spacial score (nSPS) is 29.0. The molecule has 154 valence electrons. The molecule has 0 saturated carbocycles. The largest absolute Gasteiger partial charge is 0.378 e. The second kappa shape index (κ2) is 7.11. The zero-order chi connectivity index (χ0) is 20.0. The average molecular weight is 399 g/mol. The molecule has 5 rings (SSSR count). The number of morpholine rings is 1. The summed E-state index contributed by atoms with van der Waals surface area (Å²) in [6, 6.07) is 6.59. The fourth-order valence-corrected chi connectivity index (χ4v) is 5.06. The Balaban J connectivity index is 1.32. The second-order valence-electron chi connectivity index (χ2n) is 8.04. The van der Waals surface area contributed by atoms with Crippen LogP contribution in [-0.2, 0) is 14.3 Å². The zero-order valence-electron chi connectivity index (χ0n) is 16.3. The predicted octanol–water partition coefficient (Wildman–Crippen LogP) is 0.722. The first-order valence-electron chi connectivity index (χ1n) is 10.3. The number of amides is 3. The quantitative estimate of drug-likeness (QED) is 0.732. The molecule has 1 aromatic rings. The van der Waals surface area contributed by atoms with E-state index in [4.69, 9.17) is 9.47 Å². The number of carbonyl (C=O) groups is 3. The van der Waals surface area contributed by atoms with Crippen LogP contribution < -0.4 is 0 Å². The first-order valence-corrected chi connectivity index (χ1v) is 10.3. The van der Waals surface area contributed by atoms with E-state index in [2.05, 4.69) is 0 Å². The van der Waals surface area contributed by atoms with Crippen LogP contribution in [-0.4, -0.2) is 90.2 Å². The van der Waals surface area contributed by atoms with Gasteiger partial charge < -0.3 is 24.2 Å². The van der Waals surface area contributed by atoms with Crippen LogP contribution in [0.1, 0.15) is 40.0 Å². The highest BCUT2D eigenvalue weighted by Crippen LogP contribution is 2.45. The molecule has 0 aliphatic carbocycles. The number of hydrogen-bond donors (Lipinski definition) is 0. The predicted molar refractivity (Wildman–Crippen MR) is 102 cm³/mol. The molecule has 0 bridgehead atoms. The van der Waals surface area contributed by atoms with Crippen molar-refractivity contribution < 1.29 is 23.9 Å². The van der Waals surface area contributed by atoms with Gasteiger partial charge >= 0.3 is 0 Å². The average Bonchev–Trinajstić information content (AvgIpc) is 3.25. The molecule has 0 unspecified atom stereocenters. The first kappa shape index (κ1) is 18.6. The monoisotopic (exact) mass is 399 g/mol. The van der Waals surface area contributed by atoms with Crippen molar-refractivity contribution in [3.8, 4) is 0 Å². The van der Waals surface area contributed by atoms with Crippen LogP contribution in [0.3, 0.4) is 0 Å². The zero-order valence-corrected chi connectivity index (χ0v) is 16.3. The van der Waals surface area contributed by atoms with Crippen molar-refractivity contribution in [2.75, 3.05) is 46.0 Å². The highest BCUT2D eigenvalue weighted by molar-refractivity contribution is 5.98. The summed E-state index contributed by atoms with van der Waals surface area (Å²) in [5.41, 5.74) is 0.457. The summed E-state index contributed by atoms with van der Waals surface area (Å²) >= 11 is 0. The lowest BCUT2D eigenvalue weighted by Crippen LogP contribution is -2.56. The molecule has 0 aromatic heterocycles. The summed E-state index contributed by atoms with van der Waals surface area (Å²) in [5, 5.41) is 0. The molecule has 2 atom stereocenters. The van der Waals surface area contributed by atoms with Gasteiger partial charge in [-0.25, -0.2) is 0 Å². The lowest BCUT2D eigenvalue weighted by molar-refractivity contribution is -0.179. The van der Waals surface area contributed by atoms with Crippen LogP contribution >= 0.6 is 0 Å². The molecule has 1 aromatic carbocycles. The Morgan fingerprint density at radius 3 is 2.34 bits per heavy atom. The Morgan fingerprint density at radius 2 is 1.62 bits per heavy atom. The third-order valence-corrected chi connectivity index (χ3v) is 6.55. The van der Waals surface area contributed by atoms with Crippen LogP contribution in [0.5, 0.6) is 0 Å². The molecule has 4 saturated heterocycles. The summed E-state index contributed by atoms with van der Waals surface area (Å²) in [6.07, 6.45) is 1.81. The lowest BCUT2D eigenvalue weighted by Gasteiger charge is -2.42. The van der Waals surface area contributed by atoms with E-state index in [1.807, 2.05) is 4.90 Å². The van der Waals surface area contributed by atoms with Crippen molar-refractivity contribution >= 4 is 17.7 Å². The molecule has 4 heterocycles. The molecule has 0 radical (unpaired) electrons. The van der Waals surface area contributed by atoms with Gasteiger partial charge in [0.1, 0.15) is 0 Å². The van der Waals surface area contributed by atoms with Gasteiger partial charge in [0.25, 0.3) is 11.8 Å². The number of ether oxygens (including phenoxy) is 2. The number of hydrogen-bond acceptors (Lipinski definition) is 5. The van der Waals surface area contributed by atoms with Crippen LogP contribution in [0.4, 0.5) is 0 Å². The summed E-state index contributed by atoms with van der Waals surface area (Å²) in [6.45, 7) is 4.18. The maximum atomic E-state index is 13.2. The number of rotatable bonds is 2. The molecule has 4 aliphatic heterocycles. The lowest BCUT2D eigenvalue weighted by atomic mass is 10.0. The van der Waals surface area contributed by atoms with Crippen LogP contribution in [0.2, 0.25) is 0 Å². The van der Waals surface area contributed by atoms with E-state index in [-0.39, 0.29) is 23.8 Å². The van der Waals surface area contributed by atoms with Crippen molar-refractivity contribution in [3.63, 3.8) is 0 Å². The van der Waals surface area contributed by atoms with Crippen LogP contribution in [0.25, 0.3) is 0 Å². The van der Waals surface area contributed by atoms with Crippen molar-refractivity contribution in [2.24, 2.45) is 0 Å². The number of carbonyl (C=O) groups excluding carboxylic acids is 3. The van der Waals surface area contributed by atoms with E-state index in [1.54, 1.807) is 34.1 Å². The summed E-state index contributed by atoms with van der Waals surface area (Å²) < 4.78 is 11.4. The Bertz CT molecular complexity index is 835. The summed E-state index contributed by atoms with van der Waals surface area (Å²) in [4.78, 5) is 43.6. The summed E-state index contributed by atoms with van der Waals surface area (Å²) in [5.74, 6) is -0.0835. The minimum absolute atomic E-state index is 0.0416. The van der Waals surface area contributed by atoms with Gasteiger partial charge in [0.15, 0.2) is 5.72 Å². The highest BCUT2D eigenvalue weighted by Gasteiger charge is 2.61. The van der Waals surface area contributed by atoms with E-state index in [0.29, 0.717) is 70.0 Å². The van der Waals surface area contributed by atoms with Gasteiger partial charge in [0, 0.05) is 43.7 Å². The SMILES string of the molecule is O=C(c1ccc(C(=O)N2CC[C@@]34OCCCN3C(=O)C[C@@H]24)cc1)N1CCOCC1. The Labute approximate surface area is 169 Å².